The summed E-state index contributed by atoms with van der Waals surface area (Å²) in [6, 6.07) is 0.701. The van der Waals surface area contributed by atoms with E-state index in [1.54, 1.807) is 0 Å². The lowest BCUT2D eigenvalue weighted by Crippen LogP contribution is -2.29. The summed E-state index contributed by atoms with van der Waals surface area (Å²) in [5.74, 6) is 0. The second-order valence-electron chi connectivity index (χ2n) is 5.37. The molecule has 3 aliphatic heterocycles. The van der Waals surface area contributed by atoms with E-state index in [-0.39, 0.29) is 0 Å². The molecule has 0 amide bonds. The summed E-state index contributed by atoms with van der Waals surface area (Å²) in [6.45, 7) is 4.70. The minimum Gasteiger partial charge on any atom is -0.385 e. The number of rotatable bonds is 3. The zero-order chi connectivity index (χ0) is 11.5. The Labute approximate surface area is 104 Å². The van der Waals surface area contributed by atoms with E-state index >= 15 is 0 Å². The van der Waals surface area contributed by atoms with Crippen LogP contribution in [0, 0.1) is 0 Å². The van der Waals surface area contributed by atoms with E-state index in [4.69, 9.17) is 0 Å². The molecule has 0 aromatic heterocycles. The molecule has 2 fully saturated rings. The van der Waals surface area contributed by atoms with Crippen molar-refractivity contribution in [2.24, 2.45) is 0 Å². The summed E-state index contributed by atoms with van der Waals surface area (Å²) >= 11 is 0. The molecule has 0 saturated carbocycles. The number of likely N-dealkylation sites (tertiary alicyclic amines) is 1. The first-order chi connectivity index (χ1) is 8.42. The lowest BCUT2D eigenvalue weighted by Gasteiger charge is -2.25. The number of hydrogen-bond donors (Lipinski definition) is 2. The maximum Gasteiger partial charge on any atom is 0.0360 e. The van der Waals surface area contributed by atoms with Crippen LogP contribution in [0.25, 0.3) is 0 Å². The molecule has 0 bridgehead atoms. The molecule has 2 N–H and O–H groups in total. The summed E-state index contributed by atoms with van der Waals surface area (Å²) in [5.41, 5.74) is 2.88. The van der Waals surface area contributed by atoms with Crippen LogP contribution in [-0.2, 0) is 0 Å². The highest BCUT2D eigenvalue weighted by molar-refractivity contribution is 5.27. The van der Waals surface area contributed by atoms with Crippen molar-refractivity contribution in [3.05, 3.63) is 23.5 Å². The van der Waals surface area contributed by atoms with E-state index in [0.717, 1.165) is 6.54 Å². The molecular formula is C14H23N3. The van der Waals surface area contributed by atoms with Gasteiger partial charge in [0.15, 0.2) is 0 Å². The smallest absolute Gasteiger partial charge is 0.0360 e. The first-order valence-electron chi connectivity index (χ1n) is 7.05. The van der Waals surface area contributed by atoms with Crippen molar-refractivity contribution in [2.75, 3.05) is 26.2 Å². The molecule has 94 valence electrons. The molecule has 0 radical (unpaired) electrons. The Morgan fingerprint density at radius 1 is 1.24 bits per heavy atom. The second-order valence-corrected chi connectivity index (χ2v) is 5.37. The standard InChI is InChI=1S/C14H23N3/c1-2-9-17(8-1)14-5-7-16-13(11-14)10-12-4-3-6-15-12/h5,11-12,15-16H,1-4,6-10H2/t12-/m0/s1. The number of dihydropyridines is 1. The predicted molar refractivity (Wildman–Crippen MR) is 70.6 cm³/mol. The Bertz CT molecular complexity index is 320. The molecule has 0 aromatic rings. The van der Waals surface area contributed by atoms with Crippen molar-refractivity contribution in [1.29, 1.82) is 0 Å². The summed E-state index contributed by atoms with van der Waals surface area (Å²) in [4.78, 5) is 2.53. The highest BCUT2D eigenvalue weighted by Crippen LogP contribution is 2.21. The topological polar surface area (TPSA) is 27.3 Å². The van der Waals surface area contributed by atoms with Crippen molar-refractivity contribution in [3.63, 3.8) is 0 Å². The maximum atomic E-state index is 3.57. The van der Waals surface area contributed by atoms with Gasteiger partial charge in [0.2, 0.25) is 0 Å². The Morgan fingerprint density at radius 2 is 2.12 bits per heavy atom. The van der Waals surface area contributed by atoms with Gasteiger partial charge >= 0.3 is 0 Å². The molecule has 1 atom stereocenters. The Hall–Kier alpha value is -0.960. The fraction of sp³-hybridized carbons (Fsp3) is 0.714. The van der Waals surface area contributed by atoms with Crippen molar-refractivity contribution in [2.45, 2.75) is 38.1 Å². The molecule has 17 heavy (non-hydrogen) atoms. The van der Waals surface area contributed by atoms with Gasteiger partial charge in [0.05, 0.1) is 0 Å². The Kier molecular flexibility index (Phi) is 3.36. The number of nitrogens with zero attached hydrogens (tertiary/aromatic N) is 1. The van der Waals surface area contributed by atoms with Crippen LogP contribution in [0.15, 0.2) is 23.5 Å². The fourth-order valence-corrected chi connectivity index (χ4v) is 3.10. The van der Waals surface area contributed by atoms with Crippen LogP contribution in [0.2, 0.25) is 0 Å². The summed E-state index contributed by atoms with van der Waals surface area (Å²) in [7, 11) is 0. The Balaban J connectivity index is 1.62. The van der Waals surface area contributed by atoms with E-state index < -0.39 is 0 Å². The molecule has 0 spiro atoms. The van der Waals surface area contributed by atoms with Crippen molar-refractivity contribution in [3.8, 4) is 0 Å². The van der Waals surface area contributed by atoms with Gasteiger partial charge in [-0.3, -0.25) is 0 Å². The maximum absolute atomic E-state index is 3.57. The van der Waals surface area contributed by atoms with Crippen molar-refractivity contribution < 1.29 is 0 Å². The number of allylic oxidation sites excluding steroid dienone is 1. The van der Waals surface area contributed by atoms with Crippen molar-refractivity contribution in [1.82, 2.24) is 15.5 Å². The minimum absolute atomic E-state index is 0.701. The van der Waals surface area contributed by atoms with Gasteiger partial charge in [0, 0.05) is 43.5 Å². The van der Waals surface area contributed by atoms with Crippen LogP contribution in [-0.4, -0.2) is 37.1 Å². The van der Waals surface area contributed by atoms with Crippen LogP contribution in [0.3, 0.4) is 0 Å². The van der Waals surface area contributed by atoms with Crippen LogP contribution in [0.5, 0.6) is 0 Å². The van der Waals surface area contributed by atoms with Gasteiger partial charge < -0.3 is 15.5 Å². The first kappa shape index (κ1) is 11.1. The molecule has 0 unspecified atom stereocenters. The fourth-order valence-electron chi connectivity index (χ4n) is 3.10. The quantitative estimate of drug-likeness (QED) is 0.775. The predicted octanol–water partition coefficient (Wildman–Crippen LogP) is 1.60. The van der Waals surface area contributed by atoms with Gasteiger partial charge in [-0.05, 0) is 44.4 Å². The van der Waals surface area contributed by atoms with Crippen LogP contribution >= 0.6 is 0 Å². The highest BCUT2D eigenvalue weighted by Gasteiger charge is 2.19. The number of nitrogens with one attached hydrogen (secondary N) is 2. The third-order valence-electron chi connectivity index (χ3n) is 4.06. The Morgan fingerprint density at radius 3 is 2.88 bits per heavy atom. The third kappa shape index (κ3) is 2.65. The molecular weight excluding hydrogens is 210 g/mol. The molecule has 3 heteroatoms. The highest BCUT2D eigenvalue weighted by atomic mass is 15.2. The largest absolute Gasteiger partial charge is 0.385 e. The van der Waals surface area contributed by atoms with Crippen LogP contribution < -0.4 is 10.6 Å². The average Bonchev–Trinajstić information content (AvgIpc) is 3.01. The normalized spacial score (nSPS) is 28.9. The van der Waals surface area contributed by atoms with Gasteiger partial charge in [-0.1, -0.05) is 0 Å². The first-order valence-corrected chi connectivity index (χ1v) is 7.05. The van der Waals surface area contributed by atoms with E-state index in [2.05, 4.69) is 27.7 Å². The average molecular weight is 233 g/mol. The lowest BCUT2D eigenvalue weighted by molar-refractivity contribution is 0.433. The molecule has 2 saturated heterocycles. The van der Waals surface area contributed by atoms with Crippen LogP contribution in [0.4, 0.5) is 0 Å². The monoisotopic (exact) mass is 233 g/mol. The van der Waals surface area contributed by atoms with Gasteiger partial charge in [-0.25, -0.2) is 0 Å². The molecule has 0 aromatic carbocycles. The van der Waals surface area contributed by atoms with Gasteiger partial charge in [0.25, 0.3) is 0 Å². The summed E-state index contributed by atoms with van der Waals surface area (Å²) < 4.78 is 0. The summed E-state index contributed by atoms with van der Waals surface area (Å²) in [6.07, 6.45) is 11.3. The van der Waals surface area contributed by atoms with E-state index in [0.29, 0.717) is 6.04 Å². The van der Waals surface area contributed by atoms with E-state index in [9.17, 15) is 0 Å². The lowest BCUT2D eigenvalue weighted by atomic mass is 10.1. The van der Waals surface area contributed by atoms with E-state index in [1.807, 2.05) is 0 Å². The van der Waals surface area contributed by atoms with Crippen molar-refractivity contribution >= 4 is 0 Å². The van der Waals surface area contributed by atoms with E-state index in [1.165, 1.54) is 63.1 Å². The minimum atomic E-state index is 0.701. The molecule has 3 rings (SSSR count). The SMILES string of the molecule is C1=C(C[C@@H]2CCCN2)NCC=C1N1CCCC1. The zero-order valence-electron chi connectivity index (χ0n) is 10.5. The van der Waals surface area contributed by atoms with Gasteiger partial charge in [-0.15, -0.1) is 0 Å². The van der Waals surface area contributed by atoms with Crippen LogP contribution in [0.1, 0.15) is 32.1 Å². The molecule has 3 nitrogen and oxygen atoms in total. The second kappa shape index (κ2) is 5.13. The number of hydrogen-bond acceptors (Lipinski definition) is 3. The molecule has 3 aliphatic rings. The molecule has 3 heterocycles. The third-order valence-corrected chi connectivity index (χ3v) is 4.06. The molecule has 0 aliphatic carbocycles. The van der Waals surface area contributed by atoms with Gasteiger partial charge in [0.1, 0.15) is 0 Å². The zero-order valence-corrected chi connectivity index (χ0v) is 10.5. The summed E-state index contributed by atoms with van der Waals surface area (Å²) in [5, 5.41) is 7.09. The van der Waals surface area contributed by atoms with Gasteiger partial charge in [-0.2, -0.15) is 0 Å².